The summed E-state index contributed by atoms with van der Waals surface area (Å²) in [6, 6.07) is 5.25. The molecule has 2 aromatic carbocycles. The fourth-order valence-electron chi connectivity index (χ4n) is 3.51. The first-order valence-corrected chi connectivity index (χ1v) is 9.66. The third kappa shape index (κ3) is 3.16. The molecule has 0 aliphatic carbocycles. The van der Waals surface area contributed by atoms with Crippen molar-refractivity contribution in [1.82, 2.24) is 0 Å². The smallest absolute Gasteiger partial charge is 0.339 e. The van der Waals surface area contributed by atoms with Gasteiger partial charge in [0.25, 0.3) is 0 Å². The van der Waals surface area contributed by atoms with Crippen molar-refractivity contribution < 1.29 is 18.6 Å². The van der Waals surface area contributed by atoms with E-state index in [1.165, 1.54) is 0 Å². The Bertz CT molecular complexity index is 1190. The molecule has 0 N–H and O–H groups in total. The minimum absolute atomic E-state index is 0.228. The minimum Gasteiger partial charge on any atom is -0.495 e. The molecule has 29 heavy (non-hydrogen) atoms. The molecule has 152 valence electrons. The molecule has 0 saturated heterocycles. The second-order valence-corrected chi connectivity index (χ2v) is 7.63. The Balaban J connectivity index is 1.88. The molecule has 2 heterocycles. The van der Waals surface area contributed by atoms with Gasteiger partial charge in [0.15, 0.2) is 6.73 Å². The van der Waals surface area contributed by atoms with Crippen LogP contribution in [0.3, 0.4) is 0 Å². The van der Waals surface area contributed by atoms with Gasteiger partial charge in [0.1, 0.15) is 22.8 Å². The van der Waals surface area contributed by atoms with E-state index in [4.69, 9.17) is 41.8 Å². The Morgan fingerprint density at radius 3 is 2.41 bits per heavy atom. The summed E-state index contributed by atoms with van der Waals surface area (Å²) in [5, 5.41) is 1.71. The second kappa shape index (κ2) is 7.35. The Hall–Kier alpha value is -2.57. The molecule has 0 fully saturated rings. The summed E-state index contributed by atoms with van der Waals surface area (Å²) in [5.41, 5.74) is 2.92. The Morgan fingerprint density at radius 2 is 1.72 bits per heavy atom. The minimum atomic E-state index is -0.373. The number of methoxy groups -OCH3 is 2. The molecule has 6 nitrogen and oxygen atoms in total. The van der Waals surface area contributed by atoms with Crippen molar-refractivity contribution in [1.29, 1.82) is 0 Å². The zero-order chi connectivity index (χ0) is 20.9. The molecule has 1 aliphatic heterocycles. The number of rotatable bonds is 3. The summed E-state index contributed by atoms with van der Waals surface area (Å²) in [5.74, 6) is 1.61. The third-order valence-corrected chi connectivity index (χ3v) is 5.83. The summed E-state index contributed by atoms with van der Waals surface area (Å²) in [4.78, 5) is 14.2. The monoisotopic (exact) mass is 435 g/mol. The van der Waals surface area contributed by atoms with Gasteiger partial charge in [-0.05, 0) is 31.5 Å². The van der Waals surface area contributed by atoms with Crippen molar-refractivity contribution in [3.8, 4) is 17.2 Å². The van der Waals surface area contributed by atoms with Gasteiger partial charge in [0.05, 0.1) is 42.1 Å². The van der Waals surface area contributed by atoms with Gasteiger partial charge < -0.3 is 23.5 Å². The maximum Gasteiger partial charge on any atom is 0.339 e. The second-order valence-electron chi connectivity index (χ2n) is 6.81. The number of fused-ring (bicyclic) bond motifs is 3. The lowest BCUT2D eigenvalue weighted by Crippen LogP contribution is -2.32. The van der Waals surface area contributed by atoms with Crippen LogP contribution in [-0.4, -0.2) is 21.0 Å². The molecule has 1 aromatic heterocycles. The number of nitrogens with zero attached hydrogens (tertiary/aromatic N) is 1. The van der Waals surface area contributed by atoms with Gasteiger partial charge in [-0.15, -0.1) is 0 Å². The normalized spacial score (nSPS) is 13.2. The number of hydrogen-bond acceptors (Lipinski definition) is 6. The quantitative estimate of drug-likeness (QED) is 0.533. The molecule has 0 saturated carbocycles. The van der Waals surface area contributed by atoms with Crippen LogP contribution in [0.2, 0.25) is 10.0 Å². The first kappa shape index (κ1) is 19.7. The van der Waals surface area contributed by atoms with Crippen molar-refractivity contribution in [3.05, 3.63) is 55.4 Å². The molecule has 0 bridgehead atoms. The number of aryl methyl sites for hydroxylation is 1. The van der Waals surface area contributed by atoms with E-state index in [2.05, 4.69) is 0 Å². The summed E-state index contributed by atoms with van der Waals surface area (Å²) in [6.45, 7) is 4.25. The van der Waals surface area contributed by atoms with Crippen molar-refractivity contribution in [2.45, 2.75) is 20.4 Å². The molecule has 0 atom stereocenters. The van der Waals surface area contributed by atoms with Crippen LogP contribution in [0, 0.1) is 13.8 Å². The van der Waals surface area contributed by atoms with Gasteiger partial charge in [-0.1, -0.05) is 23.2 Å². The molecule has 0 radical (unpaired) electrons. The van der Waals surface area contributed by atoms with Gasteiger partial charge in [-0.3, -0.25) is 0 Å². The summed E-state index contributed by atoms with van der Waals surface area (Å²) < 4.78 is 22.3. The highest BCUT2D eigenvalue weighted by Crippen LogP contribution is 2.44. The van der Waals surface area contributed by atoms with Crippen LogP contribution in [0.5, 0.6) is 17.2 Å². The van der Waals surface area contributed by atoms with Gasteiger partial charge in [0.2, 0.25) is 0 Å². The number of halogens is 2. The third-order valence-electron chi connectivity index (χ3n) is 5.26. The van der Waals surface area contributed by atoms with Crippen LogP contribution in [0.1, 0.15) is 16.7 Å². The number of anilines is 1. The zero-order valence-electron chi connectivity index (χ0n) is 16.4. The largest absolute Gasteiger partial charge is 0.495 e. The SMILES string of the molecule is COc1cc(OC)c(N2COc3c(Cl)cc4c(C)c(C)c(=O)oc4c3C2)cc1Cl. The fourth-order valence-corrected chi connectivity index (χ4v) is 4.02. The van der Waals surface area contributed by atoms with Crippen LogP contribution in [0.4, 0.5) is 5.69 Å². The first-order chi connectivity index (χ1) is 13.8. The molecule has 4 rings (SSSR count). The lowest BCUT2D eigenvalue weighted by atomic mass is 10.0. The number of hydrogen-bond donors (Lipinski definition) is 0. The summed E-state index contributed by atoms with van der Waals surface area (Å²) in [7, 11) is 3.11. The summed E-state index contributed by atoms with van der Waals surface area (Å²) >= 11 is 12.8. The molecule has 8 heteroatoms. The highest BCUT2D eigenvalue weighted by atomic mass is 35.5. The molecule has 3 aromatic rings. The van der Waals surface area contributed by atoms with E-state index in [9.17, 15) is 4.79 Å². The van der Waals surface area contributed by atoms with Crippen LogP contribution in [0.25, 0.3) is 11.0 Å². The average molecular weight is 436 g/mol. The summed E-state index contributed by atoms with van der Waals surface area (Å²) in [6.07, 6.45) is 0. The average Bonchev–Trinajstić information content (AvgIpc) is 2.72. The topological polar surface area (TPSA) is 61.1 Å². The van der Waals surface area contributed by atoms with Crippen LogP contribution >= 0.6 is 23.2 Å². The van der Waals surface area contributed by atoms with E-state index >= 15 is 0 Å². The molecular formula is C21H19Cl2NO5. The van der Waals surface area contributed by atoms with Crippen LogP contribution < -0.4 is 24.7 Å². The van der Waals surface area contributed by atoms with E-state index in [0.717, 1.165) is 16.6 Å². The van der Waals surface area contributed by atoms with E-state index in [0.29, 0.717) is 50.5 Å². The molecule has 1 aliphatic rings. The van der Waals surface area contributed by atoms with Gasteiger partial charge in [-0.2, -0.15) is 0 Å². The van der Waals surface area contributed by atoms with Crippen molar-refractivity contribution in [3.63, 3.8) is 0 Å². The Labute approximate surface area is 177 Å². The number of benzene rings is 2. The molecule has 0 spiro atoms. The lowest BCUT2D eigenvalue weighted by Gasteiger charge is -2.32. The van der Waals surface area contributed by atoms with Gasteiger partial charge >= 0.3 is 5.63 Å². The molecule has 0 amide bonds. The fraction of sp³-hybridized carbons (Fsp3) is 0.286. The van der Waals surface area contributed by atoms with Gasteiger partial charge in [-0.25, -0.2) is 4.79 Å². The highest BCUT2D eigenvalue weighted by Gasteiger charge is 2.27. The first-order valence-electron chi connectivity index (χ1n) is 8.90. The van der Waals surface area contributed by atoms with E-state index in [1.807, 2.05) is 11.8 Å². The standard InChI is InChI=1S/C21H19Cl2NO5/c1-10-11(2)21(25)29-19-12(10)5-15(23)20-13(19)8-24(9-28-20)16-6-14(22)17(26-3)7-18(16)27-4/h5-7H,8-9H2,1-4H3. The van der Waals surface area contributed by atoms with Crippen molar-refractivity contribution >= 4 is 39.9 Å². The maximum absolute atomic E-state index is 12.3. The van der Waals surface area contributed by atoms with E-state index in [1.54, 1.807) is 39.3 Å². The molecule has 0 unspecified atom stereocenters. The van der Waals surface area contributed by atoms with Crippen LogP contribution in [-0.2, 0) is 6.54 Å². The van der Waals surface area contributed by atoms with Crippen molar-refractivity contribution in [2.24, 2.45) is 0 Å². The Morgan fingerprint density at radius 1 is 1.00 bits per heavy atom. The highest BCUT2D eigenvalue weighted by molar-refractivity contribution is 6.33. The zero-order valence-corrected chi connectivity index (χ0v) is 17.9. The van der Waals surface area contributed by atoms with Crippen molar-refractivity contribution in [2.75, 3.05) is 25.9 Å². The van der Waals surface area contributed by atoms with Gasteiger partial charge in [0, 0.05) is 17.0 Å². The Kier molecular flexibility index (Phi) is 5.00. The van der Waals surface area contributed by atoms with Crippen LogP contribution in [0.15, 0.2) is 27.4 Å². The van der Waals surface area contributed by atoms with E-state index in [-0.39, 0.29) is 12.4 Å². The predicted molar refractivity (Wildman–Crippen MR) is 113 cm³/mol. The lowest BCUT2D eigenvalue weighted by molar-refractivity contribution is 0.287. The molecular weight excluding hydrogens is 417 g/mol. The maximum atomic E-state index is 12.3. The number of ether oxygens (including phenoxy) is 3. The predicted octanol–water partition coefficient (Wildman–Crippen LogP) is 5.09. The van der Waals surface area contributed by atoms with E-state index < -0.39 is 0 Å².